The van der Waals surface area contributed by atoms with Crippen LogP contribution in [0.1, 0.15) is 26.2 Å². The van der Waals surface area contributed by atoms with Crippen molar-refractivity contribution in [3.63, 3.8) is 0 Å². The molecule has 0 N–H and O–H groups in total. The molecule has 0 saturated heterocycles. The van der Waals surface area contributed by atoms with Crippen molar-refractivity contribution in [1.82, 2.24) is 0 Å². The Hall–Kier alpha value is -0.510. The Balaban J connectivity index is 3.24. The Labute approximate surface area is 71.5 Å². The summed E-state index contributed by atoms with van der Waals surface area (Å²) in [6.45, 7) is 2.15. The molecule has 0 aromatic heterocycles. The number of carbonyl (C=O) groups is 2. The second kappa shape index (κ2) is 6.22. The molecule has 64 valence electrons. The molecule has 0 fully saturated rings. The molecule has 0 amide bonds. The van der Waals surface area contributed by atoms with Crippen LogP contribution in [0.25, 0.3) is 0 Å². The van der Waals surface area contributed by atoms with Gasteiger partial charge in [0.15, 0.2) is 5.12 Å². The van der Waals surface area contributed by atoms with Crippen molar-refractivity contribution in [2.45, 2.75) is 26.2 Å². The normalized spacial score (nSPS) is 9.27. The van der Waals surface area contributed by atoms with Gasteiger partial charge in [-0.05, 0) is 13.3 Å². The number of rotatable bonds is 5. The molecule has 0 aromatic carbocycles. The minimum Gasteiger partial charge on any atom is -0.466 e. The van der Waals surface area contributed by atoms with Crippen LogP contribution in [0.5, 0.6) is 0 Å². The lowest BCUT2D eigenvalue weighted by Gasteiger charge is -1.98. The summed E-state index contributed by atoms with van der Waals surface area (Å²) in [5.74, 6) is -0.248. The lowest BCUT2D eigenvalue weighted by molar-refractivity contribution is -0.143. The molecule has 0 spiro atoms. The summed E-state index contributed by atoms with van der Waals surface area (Å²) in [6, 6.07) is 0. The van der Waals surface area contributed by atoms with E-state index in [2.05, 4.69) is 17.4 Å². The standard InChI is InChI=1S/C7H12O3S/c1-2-10-6(8)4-3-5-7(9)11/h2-5H2,1H3,(H,9,11). The zero-order valence-corrected chi connectivity index (χ0v) is 7.39. The smallest absolute Gasteiger partial charge is 0.305 e. The Morgan fingerprint density at radius 1 is 1.36 bits per heavy atom. The fraction of sp³-hybridized carbons (Fsp3) is 0.714. The third-order valence-electron chi connectivity index (χ3n) is 1.08. The molecule has 4 heteroatoms. The van der Waals surface area contributed by atoms with Gasteiger partial charge in [-0.1, -0.05) is 0 Å². The van der Waals surface area contributed by atoms with Crippen molar-refractivity contribution in [3.8, 4) is 0 Å². The Morgan fingerprint density at radius 3 is 2.45 bits per heavy atom. The molecule has 0 rings (SSSR count). The monoisotopic (exact) mass is 176 g/mol. The van der Waals surface area contributed by atoms with Crippen LogP contribution < -0.4 is 0 Å². The molecule has 0 unspecified atom stereocenters. The Morgan fingerprint density at radius 2 is 2.00 bits per heavy atom. The second-order valence-electron chi connectivity index (χ2n) is 2.05. The van der Waals surface area contributed by atoms with Crippen molar-refractivity contribution < 1.29 is 14.3 Å². The fourth-order valence-corrected chi connectivity index (χ4v) is 0.775. The lowest BCUT2D eigenvalue weighted by atomic mass is 10.2. The maximum absolute atomic E-state index is 10.7. The third kappa shape index (κ3) is 7.39. The number of carbonyl (C=O) groups excluding carboxylic acids is 2. The molecule has 3 nitrogen and oxygen atoms in total. The number of ether oxygens (including phenoxy) is 1. The first kappa shape index (κ1) is 10.5. The van der Waals surface area contributed by atoms with E-state index in [1.165, 1.54) is 0 Å². The summed E-state index contributed by atoms with van der Waals surface area (Å²) >= 11 is 3.56. The van der Waals surface area contributed by atoms with Gasteiger partial charge in [-0.3, -0.25) is 9.59 Å². The van der Waals surface area contributed by atoms with Gasteiger partial charge in [0.2, 0.25) is 0 Å². The maximum Gasteiger partial charge on any atom is 0.305 e. The van der Waals surface area contributed by atoms with Crippen LogP contribution in [0.3, 0.4) is 0 Å². The molecule has 0 atom stereocenters. The zero-order chi connectivity index (χ0) is 8.69. The minimum atomic E-state index is -0.248. The third-order valence-corrected chi connectivity index (χ3v) is 1.30. The van der Waals surface area contributed by atoms with Gasteiger partial charge in [0.05, 0.1) is 6.61 Å². The van der Waals surface area contributed by atoms with E-state index in [0.29, 0.717) is 25.9 Å². The molecular formula is C7H12O3S. The van der Waals surface area contributed by atoms with Gasteiger partial charge in [0, 0.05) is 12.8 Å². The van der Waals surface area contributed by atoms with Crippen LogP contribution >= 0.6 is 12.6 Å². The predicted molar refractivity (Wildman–Crippen MR) is 44.5 cm³/mol. The molecule has 0 aliphatic heterocycles. The predicted octanol–water partition coefficient (Wildman–Crippen LogP) is 1.18. The highest BCUT2D eigenvalue weighted by Crippen LogP contribution is 1.99. The topological polar surface area (TPSA) is 43.4 Å². The second-order valence-corrected chi connectivity index (χ2v) is 2.55. The fourth-order valence-electron chi connectivity index (χ4n) is 0.617. The van der Waals surface area contributed by atoms with Crippen molar-refractivity contribution in [3.05, 3.63) is 0 Å². The van der Waals surface area contributed by atoms with Gasteiger partial charge in [-0.2, -0.15) is 0 Å². The van der Waals surface area contributed by atoms with Crippen molar-refractivity contribution >= 4 is 23.7 Å². The SMILES string of the molecule is CCOC(=O)CCCC(=O)S. The van der Waals surface area contributed by atoms with E-state index in [1.807, 2.05) is 0 Å². The molecule has 0 bridgehead atoms. The molecule has 0 aliphatic rings. The molecule has 0 aliphatic carbocycles. The summed E-state index contributed by atoms with van der Waals surface area (Å²) < 4.78 is 4.65. The first-order chi connectivity index (χ1) is 5.16. The van der Waals surface area contributed by atoms with E-state index >= 15 is 0 Å². The first-order valence-electron chi connectivity index (χ1n) is 3.54. The van der Waals surface area contributed by atoms with Crippen LogP contribution in [0.4, 0.5) is 0 Å². The number of esters is 1. The Bertz CT molecular complexity index is 145. The summed E-state index contributed by atoms with van der Waals surface area (Å²) in [5, 5.41) is -0.186. The van der Waals surface area contributed by atoms with Gasteiger partial charge >= 0.3 is 5.97 Å². The van der Waals surface area contributed by atoms with Crippen molar-refractivity contribution in [2.24, 2.45) is 0 Å². The molecule has 0 radical (unpaired) electrons. The van der Waals surface area contributed by atoms with Gasteiger partial charge in [-0.15, -0.1) is 12.6 Å². The van der Waals surface area contributed by atoms with Gasteiger partial charge in [0.25, 0.3) is 0 Å². The van der Waals surface area contributed by atoms with Crippen LogP contribution in [-0.2, 0) is 14.3 Å². The van der Waals surface area contributed by atoms with Crippen LogP contribution in [0, 0.1) is 0 Å². The highest BCUT2D eigenvalue weighted by atomic mass is 32.1. The first-order valence-corrected chi connectivity index (χ1v) is 3.99. The molecule has 0 aromatic rings. The summed E-state index contributed by atoms with van der Waals surface area (Å²) in [6.07, 6.45) is 1.17. The quantitative estimate of drug-likeness (QED) is 0.505. The molecular weight excluding hydrogens is 164 g/mol. The van der Waals surface area contributed by atoms with E-state index in [9.17, 15) is 9.59 Å². The molecule has 11 heavy (non-hydrogen) atoms. The summed E-state index contributed by atoms with van der Waals surface area (Å²) in [4.78, 5) is 21.0. The maximum atomic E-state index is 10.7. The summed E-state index contributed by atoms with van der Waals surface area (Å²) in [7, 11) is 0. The summed E-state index contributed by atoms with van der Waals surface area (Å²) in [5.41, 5.74) is 0. The number of hydrogen-bond acceptors (Lipinski definition) is 3. The van der Waals surface area contributed by atoms with E-state index in [0.717, 1.165) is 0 Å². The highest BCUT2D eigenvalue weighted by Gasteiger charge is 2.01. The van der Waals surface area contributed by atoms with E-state index in [1.54, 1.807) is 6.92 Å². The van der Waals surface area contributed by atoms with Crippen LogP contribution in [0.15, 0.2) is 0 Å². The number of thiol groups is 1. The lowest BCUT2D eigenvalue weighted by Crippen LogP contribution is -2.03. The van der Waals surface area contributed by atoms with Gasteiger partial charge in [-0.25, -0.2) is 0 Å². The molecule has 0 saturated carbocycles. The average Bonchev–Trinajstić information content (AvgIpc) is 1.87. The van der Waals surface area contributed by atoms with Crippen LogP contribution in [-0.4, -0.2) is 17.7 Å². The largest absolute Gasteiger partial charge is 0.466 e. The van der Waals surface area contributed by atoms with Crippen molar-refractivity contribution in [1.29, 1.82) is 0 Å². The van der Waals surface area contributed by atoms with Gasteiger partial charge in [0.1, 0.15) is 0 Å². The van der Waals surface area contributed by atoms with E-state index < -0.39 is 0 Å². The van der Waals surface area contributed by atoms with E-state index in [-0.39, 0.29) is 11.1 Å². The van der Waals surface area contributed by atoms with Gasteiger partial charge < -0.3 is 4.74 Å². The van der Waals surface area contributed by atoms with Crippen LogP contribution in [0.2, 0.25) is 0 Å². The zero-order valence-electron chi connectivity index (χ0n) is 6.50. The average molecular weight is 176 g/mol. The molecule has 0 heterocycles. The highest BCUT2D eigenvalue weighted by molar-refractivity contribution is 7.96. The van der Waals surface area contributed by atoms with E-state index in [4.69, 9.17) is 0 Å². The number of hydrogen-bond donors (Lipinski definition) is 1. The Kier molecular flexibility index (Phi) is 5.93. The van der Waals surface area contributed by atoms with Crippen molar-refractivity contribution in [2.75, 3.05) is 6.61 Å². The minimum absolute atomic E-state index is 0.186.